The van der Waals surface area contributed by atoms with Gasteiger partial charge in [-0.05, 0) is 70.7 Å². The van der Waals surface area contributed by atoms with Gasteiger partial charge in [0.15, 0.2) is 4.80 Å². The number of fused-ring (bicyclic) bond motifs is 4. The highest BCUT2D eigenvalue weighted by molar-refractivity contribution is 7.07. The molecule has 0 radical (unpaired) electrons. The zero-order valence-corrected chi connectivity index (χ0v) is 25.9. The van der Waals surface area contributed by atoms with Gasteiger partial charge in [0.2, 0.25) is 0 Å². The second-order valence-corrected chi connectivity index (χ2v) is 12.5. The first kappa shape index (κ1) is 28.2. The molecule has 1 atom stereocenters. The number of aromatic nitrogens is 1. The Morgan fingerprint density at radius 3 is 2.54 bits per heavy atom. The summed E-state index contributed by atoms with van der Waals surface area (Å²) in [6.45, 7) is 0.0662. The molecule has 1 aliphatic carbocycles. The number of halogens is 1. The van der Waals surface area contributed by atoms with Crippen LogP contribution in [-0.2, 0) is 13.0 Å². The number of methoxy groups -OCH3 is 1. The summed E-state index contributed by atoms with van der Waals surface area (Å²) in [6.07, 6.45) is 3.61. The van der Waals surface area contributed by atoms with E-state index >= 15 is 0 Å². The van der Waals surface area contributed by atoms with Crippen LogP contribution in [-0.4, -0.2) is 11.7 Å². The van der Waals surface area contributed by atoms with Crippen LogP contribution < -0.4 is 24.4 Å². The minimum Gasteiger partial charge on any atom is -0.497 e. The molecule has 226 valence electrons. The molecule has 46 heavy (non-hydrogen) atoms. The lowest BCUT2D eigenvalue weighted by atomic mass is 9.83. The molecule has 6 aromatic rings. The molecule has 0 saturated carbocycles. The van der Waals surface area contributed by atoms with Gasteiger partial charge in [0.05, 0.1) is 23.4 Å². The van der Waals surface area contributed by atoms with Gasteiger partial charge in [-0.1, -0.05) is 96.3 Å². The zero-order valence-electron chi connectivity index (χ0n) is 25.1. The minimum atomic E-state index is -0.317. The monoisotopic (exact) mass is 624 g/mol. The van der Waals surface area contributed by atoms with Crippen LogP contribution in [0.2, 0.25) is 0 Å². The maximum absolute atomic E-state index is 14.5. The third-order valence-corrected chi connectivity index (χ3v) is 9.83. The Kier molecular flexibility index (Phi) is 7.11. The Hall–Kier alpha value is -5.27. The van der Waals surface area contributed by atoms with Crippen molar-refractivity contribution in [3.8, 4) is 11.5 Å². The number of nitrogens with zero attached hydrogens (tertiary/aromatic N) is 2. The standard InChI is InChI=1S/C39H29FN2O3S/c1-44-28-18-14-26(15-19-28)37-31-20-16-25-9-3-6-12-30(25)36(31)41-39-42(37)38(43)35(46-39)22-32-29-11-5-2-8-24(29)17-21-34(32)45-23-27-10-4-7-13-33(27)40/h2-15,17-19,21-22,37H,16,20,23H2,1H3/b35-22+/t37-/m1/s1. The average Bonchev–Trinajstić information content (AvgIpc) is 3.41. The number of allylic oxidation sites excluding steroid dienone is 1. The molecule has 1 aromatic heterocycles. The van der Waals surface area contributed by atoms with Crippen LogP contribution in [0.15, 0.2) is 125 Å². The van der Waals surface area contributed by atoms with Gasteiger partial charge < -0.3 is 9.47 Å². The first-order valence-corrected chi connectivity index (χ1v) is 16.1. The highest BCUT2D eigenvalue weighted by Gasteiger charge is 2.32. The van der Waals surface area contributed by atoms with Gasteiger partial charge in [-0.2, -0.15) is 0 Å². The molecule has 0 fully saturated rings. The summed E-state index contributed by atoms with van der Waals surface area (Å²) in [4.78, 5) is 20.3. The van der Waals surface area contributed by atoms with E-state index in [0.717, 1.165) is 57.3 Å². The number of ether oxygens (including phenoxy) is 2. The molecular formula is C39H29FN2O3S. The molecule has 5 aromatic carbocycles. The van der Waals surface area contributed by atoms with E-state index in [4.69, 9.17) is 14.5 Å². The van der Waals surface area contributed by atoms with Gasteiger partial charge in [-0.15, -0.1) is 0 Å². The lowest BCUT2D eigenvalue weighted by molar-refractivity contribution is 0.299. The predicted octanol–water partition coefficient (Wildman–Crippen LogP) is 7.20. The molecule has 5 nitrogen and oxygen atoms in total. The van der Waals surface area contributed by atoms with E-state index in [9.17, 15) is 9.18 Å². The largest absolute Gasteiger partial charge is 0.497 e. The van der Waals surface area contributed by atoms with Crippen LogP contribution in [0.1, 0.15) is 40.3 Å². The predicted molar refractivity (Wildman–Crippen MR) is 180 cm³/mol. The van der Waals surface area contributed by atoms with E-state index in [1.807, 2.05) is 77.4 Å². The van der Waals surface area contributed by atoms with Crippen LogP contribution in [0.3, 0.4) is 0 Å². The van der Waals surface area contributed by atoms with E-state index in [1.54, 1.807) is 25.3 Å². The molecule has 0 bridgehead atoms. The van der Waals surface area contributed by atoms with Gasteiger partial charge >= 0.3 is 0 Å². The molecule has 0 amide bonds. The average molecular weight is 625 g/mol. The molecule has 2 aliphatic rings. The fourth-order valence-corrected chi connectivity index (χ4v) is 7.54. The zero-order chi connectivity index (χ0) is 31.2. The summed E-state index contributed by atoms with van der Waals surface area (Å²) in [6, 6.07) is 34.5. The maximum Gasteiger partial charge on any atom is 0.271 e. The first-order valence-electron chi connectivity index (χ1n) is 15.2. The van der Waals surface area contributed by atoms with E-state index in [0.29, 0.717) is 20.6 Å². The Balaban J connectivity index is 1.32. The summed E-state index contributed by atoms with van der Waals surface area (Å²) < 4.78 is 28.5. The van der Waals surface area contributed by atoms with Crippen LogP contribution in [0.5, 0.6) is 11.5 Å². The highest BCUT2D eigenvalue weighted by Crippen LogP contribution is 2.41. The van der Waals surface area contributed by atoms with E-state index in [2.05, 4.69) is 18.2 Å². The van der Waals surface area contributed by atoms with Gasteiger partial charge in [0.1, 0.15) is 23.9 Å². The smallest absolute Gasteiger partial charge is 0.271 e. The van der Waals surface area contributed by atoms with E-state index in [-0.39, 0.29) is 24.0 Å². The van der Waals surface area contributed by atoms with Gasteiger partial charge in [0, 0.05) is 16.7 Å². The molecule has 0 N–H and O–H groups in total. The van der Waals surface area contributed by atoms with Crippen molar-refractivity contribution < 1.29 is 13.9 Å². The van der Waals surface area contributed by atoms with Crippen molar-refractivity contribution in [1.29, 1.82) is 0 Å². The van der Waals surface area contributed by atoms with Crippen LogP contribution in [0, 0.1) is 5.82 Å². The molecule has 0 saturated heterocycles. The number of hydrogen-bond acceptors (Lipinski definition) is 5. The van der Waals surface area contributed by atoms with Gasteiger partial charge in [-0.3, -0.25) is 9.36 Å². The lowest BCUT2D eigenvalue weighted by Gasteiger charge is -2.30. The number of rotatable bonds is 6. The molecule has 8 rings (SSSR count). The van der Waals surface area contributed by atoms with Crippen molar-refractivity contribution >= 4 is 33.9 Å². The second kappa shape index (κ2) is 11.6. The van der Waals surface area contributed by atoms with Gasteiger partial charge in [-0.25, -0.2) is 9.38 Å². The molecule has 1 aliphatic heterocycles. The first-order chi connectivity index (χ1) is 22.6. The highest BCUT2D eigenvalue weighted by atomic mass is 32.1. The van der Waals surface area contributed by atoms with Crippen molar-refractivity contribution in [2.45, 2.75) is 25.5 Å². The molecule has 2 heterocycles. The number of aryl methyl sites for hydroxylation is 1. The summed E-state index contributed by atoms with van der Waals surface area (Å²) >= 11 is 1.38. The third-order valence-electron chi connectivity index (χ3n) is 8.85. The van der Waals surface area contributed by atoms with Crippen molar-refractivity contribution in [1.82, 2.24) is 4.57 Å². The van der Waals surface area contributed by atoms with Crippen LogP contribution >= 0.6 is 11.3 Å². The maximum atomic E-state index is 14.5. The quantitative estimate of drug-likeness (QED) is 0.197. The fraction of sp³-hybridized carbons (Fsp3) is 0.128. The summed E-state index contributed by atoms with van der Waals surface area (Å²) in [5.41, 5.74) is 6.62. The number of thiazole rings is 1. The Morgan fingerprint density at radius 2 is 1.70 bits per heavy atom. The van der Waals surface area contributed by atoms with Crippen molar-refractivity contribution in [2.75, 3.05) is 7.11 Å². The lowest BCUT2D eigenvalue weighted by Crippen LogP contribution is -2.38. The van der Waals surface area contributed by atoms with E-state index in [1.165, 1.54) is 23.0 Å². The molecular weight excluding hydrogens is 596 g/mol. The van der Waals surface area contributed by atoms with Crippen molar-refractivity contribution in [3.63, 3.8) is 0 Å². The third kappa shape index (κ3) is 4.84. The molecule has 0 unspecified atom stereocenters. The summed E-state index contributed by atoms with van der Waals surface area (Å²) in [5.74, 6) is 1.02. The molecule has 7 heteroatoms. The Bertz CT molecular complexity index is 2350. The normalized spacial score (nSPS) is 15.6. The Labute approximate surface area is 268 Å². The topological polar surface area (TPSA) is 52.8 Å². The summed E-state index contributed by atoms with van der Waals surface area (Å²) in [5, 5.41) is 1.96. The second-order valence-electron chi connectivity index (χ2n) is 11.5. The van der Waals surface area contributed by atoms with Gasteiger partial charge in [0.25, 0.3) is 5.56 Å². The van der Waals surface area contributed by atoms with Crippen molar-refractivity contribution in [3.05, 3.63) is 168 Å². The number of benzene rings is 5. The number of hydrogen-bond donors (Lipinski definition) is 0. The Morgan fingerprint density at radius 1 is 0.913 bits per heavy atom. The van der Waals surface area contributed by atoms with Crippen molar-refractivity contribution in [2.24, 2.45) is 4.99 Å². The van der Waals surface area contributed by atoms with Crippen LogP contribution in [0.4, 0.5) is 4.39 Å². The SMILES string of the molecule is COc1ccc([C@@H]2C3=C(N=c4s/c(=C/c5c(OCc6ccccc6F)ccc6ccccc56)c(=O)n42)c2ccccc2CC3)cc1. The fourth-order valence-electron chi connectivity index (χ4n) is 6.56. The minimum absolute atomic E-state index is 0.0662. The van der Waals surface area contributed by atoms with Crippen LogP contribution in [0.25, 0.3) is 22.5 Å². The molecule has 0 spiro atoms. The van der Waals surface area contributed by atoms with E-state index < -0.39 is 0 Å². The summed E-state index contributed by atoms with van der Waals surface area (Å²) in [7, 11) is 1.65.